The summed E-state index contributed by atoms with van der Waals surface area (Å²) in [5.74, 6) is 0.0519. The standard InChI is InChI=1S/C18H25NO2/c1-13(2)11-16-5-7-17(8-6-16)15(4)18(20)21-10-9-14(3)12-19/h5-8,13-15H,9-11H2,1-4H3. The van der Waals surface area contributed by atoms with E-state index in [1.54, 1.807) is 0 Å². The van der Waals surface area contributed by atoms with Crippen LogP contribution < -0.4 is 0 Å². The molecule has 0 N–H and O–H groups in total. The van der Waals surface area contributed by atoms with Crippen molar-refractivity contribution in [2.75, 3.05) is 6.61 Å². The first kappa shape index (κ1) is 17.2. The highest BCUT2D eigenvalue weighted by Crippen LogP contribution is 2.19. The molecular weight excluding hydrogens is 262 g/mol. The highest BCUT2D eigenvalue weighted by molar-refractivity contribution is 5.77. The van der Waals surface area contributed by atoms with E-state index in [0.717, 1.165) is 12.0 Å². The number of carbonyl (C=O) groups is 1. The predicted octanol–water partition coefficient (Wildman–Crippen LogP) is 4.08. The lowest BCUT2D eigenvalue weighted by Crippen LogP contribution is -2.15. The van der Waals surface area contributed by atoms with Gasteiger partial charge in [0.15, 0.2) is 0 Å². The molecule has 0 saturated carbocycles. The molecule has 0 aromatic heterocycles. The molecule has 0 fully saturated rings. The monoisotopic (exact) mass is 287 g/mol. The van der Waals surface area contributed by atoms with Gasteiger partial charge >= 0.3 is 5.97 Å². The van der Waals surface area contributed by atoms with Crippen LogP contribution in [0.15, 0.2) is 24.3 Å². The molecular formula is C18H25NO2. The molecule has 0 spiro atoms. The highest BCUT2D eigenvalue weighted by Gasteiger charge is 2.17. The summed E-state index contributed by atoms with van der Waals surface area (Å²) in [5, 5.41) is 8.69. The van der Waals surface area contributed by atoms with Crippen molar-refractivity contribution in [2.45, 2.75) is 46.5 Å². The third kappa shape index (κ3) is 5.99. The number of nitrogens with zero attached hydrogens (tertiary/aromatic N) is 1. The van der Waals surface area contributed by atoms with Crippen LogP contribution in [0.3, 0.4) is 0 Å². The maximum absolute atomic E-state index is 12.0. The molecule has 0 radical (unpaired) electrons. The van der Waals surface area contributed by atoms with Crippen molar-refractivity contribution in [2.24, 2.45) is 11.8 Å². The van der Waals surface area contributed by atoms with Gasteiger partial charge < -0.3 is 4.74 Å². The van der Waals surface area contributed by atoms with Crippen molar-refractivity contribution < 1.29 is 9.53 Å². The summed E-state index contributed by atoms with van der Waals surface area (Å²) in [6.45, 7) is 8.37. The van der Waals surface area contributed by atoms with Crippen molar-refractivity contribution in [3.8, 4) is 6.07 Å². The van der Waals surface area contributed by atoms with Gasteiger partial charge in [-0.3, -0.25) is 4.79 Å². The zero-order valence-electron chi connectivity index (χ0n) is 13.4. The Morgan fingerprint density at radius 1 is 1.19 bits per heavy atom. The van der Waals surface area contributed by atoms with Crippen LogP contribution in [-0.4, -0.2) is 12.6 Å². The molecule has 0 aliphatic heterocycles. The lowest BCUT2D eigenvalue weighted by molar-refractivity contribution is -0.145. The summed E-state index contributed by atoms with van der Waals surface area (Å²) in [6.07, 6.45) is 1.63. The van der Waals surface area contributed by atoms with E-state index in [2.05, 4.69) is 32.0 Å². The largest absolute Gasteiger partial charge is 0.465 e. The van der Waals surface area contributed by atoms with E-state index in [-0.39, 0.29) is 17.8 Å². The van der Waals surface area contributed by atoms with Crippen LogP contribution in [0.1, 0.15) is 51.2 Å². The Kier molecular flexibility index (Phi) is 6.94. The van der Waals surface area contributed by atoms with E-state index >= 15 is 0 Å². The summed E-state index contributed by atoms with van der Waals surface area (Å²) in [4.78, 5) is 12.0. The lowest BCUT2D eigenvalue weighted by Gasteiger charge is -2.13. The molecule has 1 aromatic carbocycles. The molecule has 114 valence electrons. The van der Waals surface area contributed by atoms with Crippen LogP contribution in [0.2, 0.25) is 0 Å². The molecule has 3 nitrogen and oxygen atoms in total. The molecule has 0 bridgehead atoms. The fraction of sp³-hybridized carbons (Fsp3) is 0.556. The van der Waals surface area contributed by atoms with Gasteiger partial charge in [-0.15, -0.1) is 0 Å². The molecule has 0 heterocycles. The number of esters is 1. The SMILES string of the molecule is CC(C)Cc1ccc(C(C)C(=O)OCCC(C)C#N)cc1. The Labute approximate surface area is 127 Å². The van der Waals surface area contributed by atoms with E-state index in [0.29, 0.717) is 18.9 Å². The minimum atomic E-state index is -0.268. The van der Waals surface area contributed by atoms with Gasteiger partial charge in [0.25, 0.3) is 0 Å². The quantitative estimate of drug-likeness (QED) is 0.710. The average molecular weight is 287 g/mol. The molecule has 0 aliphatic carbocycles. The normalized spacial score (nSPS) is 13.5. The molecule has 3 heteroatoms. The number of ether oxygens (including phenoxy) is 1. The number of benzene rings is 1. The Hall–Kier alpha value is -1.82. The lowest BCUT2D eigenvalue weighted by atomic mass is 9.97. The maximum Gasteiger partial charge on any atom is 0.313 e. The topological polar surface area (TPSA) is 50.1 Å². The van der Waals surface area contributed by atoms with Crippen LogP contribution >= 0.6 is 0 Å². The zero-order chi connectivity index (χ0) is 15.8. The molecule has 1 rings (SSSR count). The summed E-state index contributed by atoms with van der Waals surface area (Å²) in [5.41, 5.74) is 2.26. The van der Waals surface area contributed by atoms with Crippen LogP contribution in [0, 0.1) is 23.2 Å². The van der Waals surface area contributed by atoms with Gasteiger partial charge in [-0.25, -0.2) is 0 Å². The summed E-state index contributed by atoms with van der Waals surface area (Å²) in [7, 11) is 0. The van der Waals surface area contributed by atoms with E-state index in [1.807, 2.05) is 26.0 Å². The number of hydrogen-bond donors (Lipinski definition) is 0. The molecule has 21 heavy (non-hydrogen) atoms. The second-order valence-electron chi connectivity index (χ2n) is 6.05. The molecule has 0 aliphatic rings. The first-order chi connectivity index (χ1) is 9.93. The van der Waals surface area contributed by atoms with Gasteiger partial charge in [0.1, 0.15) is 0 Å². The highest BCUT2D eigenvalue weighted by atomic mass is 16.5. The van der Waals surface area contributed by atoms with Crippen LogP contribution in [0.5, 0.6) is 0 Å². The second kappa shape index (κ2) is 8.46. The fourth-order valence-electron chi connectivity index (χ4n) is 2.08. The number of rotatable bonds is 7. The minimum absolute atomic E-state index is 0.0802. The summed E-state index contributed by atoms with van der Waals surface area (Å²) in [6, 6.07) is 10.3. The van der Waals surface area contributed by atoms with Gasteiger partial charge in [-0.05, 0) is 43.7 Å². The van der Waals surface area contributed by atoms with E-state index in [4.69, 9.17) is 10.00 Å². The minimum Gasteiger partial charge on any atom is -0.465 e. The third-order valence-corrected chi connectivity index (χ3v) is 3.49. The van der Waals surface area contributed by atoms with Crippen LogP contribution in [0.25, 0.3) is 0 Å². The summed E-state index contributed by atoms with van der Waals surface area (Å²) >= 11 is 0. The predicted molar refractivity (Wildman–Crippen MR) is 83.8 cm³/mol. The molecule has 0 amide bonds. The average Bonchev–Trinajstić information content (AvgIpc) is 2.46. The Balaban J connectivity index is 2.52. The first-order valence-electron chi connectivity index (χ1n) is 7.59. The Morgan fingerprint density at radius 3 is 2.33 bits per heavy atom. The molecule has 2 unspecified atom stereocenters. The van der Waals surface area contributed by atoms with Crippen LogP contribution in [-0.2, 0) is 16.0 Å². The van der Waals surface area contributed by atoms with E-state index in [9.17, 15) is 4.79 Å². The Morgan fingerprint density at radius 2 is 1.81 bits per heavy atom. The van der Waals surface area contributed by atoms with Gasteiger partial charge in [0, 0.05) is 5.92 Å². The van der Waals surface area contributed by atoms with Crippen LogP contribution in [0.4, 0.5) is 0 Å². The van der Waals surface area contributed by atoms with E-state index < -0.39 is 0 Å². The third-order valence-electron chi connectivity index (χ3n) is 3.49. The van der Waals surface area contributed by atoms with Gasteiger partial charge in [0.05, 0.1) is 18.6 Å². The van der Waals surface area contributed by atoms with Crippen molar-refractivity contribution >= 4 is 5.97 Å². The number of hydrogen-bond acceptors (Lipinski definition) is 3. The number of carbonyl (C=O) groups excluding carboxylic acids is 1. The van der Waals surface area contributed by atoms with Crippen molar-refractivity contribution in [3.63, 3.8) is 0 Å². The maximum atomic E-state index is 12.0. The molecule has 1 aromatic rings. The van der Waals surface area contributed by atoms with Gasteiger partial charge in [0.2, 0.25) is 0 Å². The fourth-order valence-corrected chi connectivity index (χ4v) is 2.08. The molecule has 0 saturated heterocycles. The zero-order valence-corrected chi connectivity index (χ0v) is 13.4. The second-order valence-corrected chi connectivity index (χ2v) is 6.05. The summed E-state index contributed by atoms with van der Waals surface area (Å²) < 4.78 is 5.24. The van der Waals surface area contributed by atoms with Crippen molar-refractivity contribution in [1.82, 2.24) is 0 Å². The molecule has 2 atom stereocenters. The first-order valence-corrected chi connectivity index (χ1v) is 7.59. The number of nitriles is 1. The van der Waals surface area contributed by atoms with E-state index in [1.165, 1.54) is 5.56 Å². The smallest absolute Gasteiger partial charge is 0.313 e. The van der Waals surface area contributed by atoms with Gasteiger partial charge in [-0.1, -0.05) is 38.1 Å². The van der Waals surface area contributed by atoms with Crippen molar-refractivity contribution in [1.29, 1.82) is 5.26 Å². The Bertz CT molecular complexity index is 485. The van der Waals surface area contributed by atoms with Gasteiger partial charge in [-0.2, -0.15) is 5.26 Å². The van der Waals surface area contributed by atoms with Crippen molar-refractivity contribution in [3.05, 3.63) is 35.4 Å².